The number of rotatable bonds is 6. The minimum atomic E-state index is -0.0183. The molecule has 3 N–H and O–H groups in total. The minimum absolute atomic E-state index is 0.0183. The molecule has 1 aliphatic rings. The molecule has 0 aliphatic carbocycles. The van der Waals surface area contributed by atoms with Crippen molar-refractivity contribution in [2.24, 2.45) is 5.84 Å². The van der Waals surface area contributed by atoms with Gasteiger partial charge in [0.05, 0.1) is 26.4 Å². The van der Waals surface area contributed by atoms with E-state index in [-0.39, 0.29) is 12.1 Å². The molecule has 0 aromatic heterocycles. The molecule has 0 radical (unpaired) electrons. The number of nitrogens with two attached hydrogens (primary N) is 1. The molecular formula is C14H21BrN2O3. The Balaban J connectivity index is 2.26. The smallest absolute Gasteiger partial charge is 0.141 e. The summed E-state index contributed by atoms with van der Waals surface area (Å²) in [4.78, 5) is 0. The summed E-state index contributed by atoms with van der Waals surface area (Å²) >= 11 is 3.51. The van der Waals surface area contributed by atoms with Gasteiger partial charge in [0.2, 0.25) is 0 Å². The van der Waals surface area contributed by atoms with Gasteiger partial charge in [-0.3, -0.25) is 11.3 Å². The average Bonchev–Trinajstić information content (AvgIpc) is 2.97. The minimum Gasteiger partial charge on any atom is -0.495 e. The van der Waals surface area contributed by atoms with E-state index in [1.807, 2.05) is 12.1 Å². The van der Waals surface area contributed by atoms with E-state index in [1.54, 1.807) is 14.2 Å². The first-order valence-corrected chi connectivity index (χ1v) is 7.48. The van der Waals surface area contributed by atoms with Gasteiger partial charge in [-0.2, -0.15) is 0 Å². The molecule has 2 unspecified atom stereocenters. The molecular weight excluding hydrogens is 324 g/mol. The van der Waals surface area contributed by atoms with Gasteiger partial charge in [-0.25, -0.2) is 0 Å². The average molecular weight is 345 g/mol. The number of methoxy groups -OCH3 is 2. The summed E-state index contributed by atoms with van der Waals surface area (Å²) in [6.45, 7) is 0.839. The first kappa shape index (κ1) is 15.6. The van der Waals surface area contributed by atoms with Crippen LogP contribution in [0.4, 0.5) is 0 Å². The highest BCUT2D eigenvalue weighted by atomic mass is 79.9. The van der Waals surface area contributed by atoms with Gasteiger partial charge in [-0.05, 0) is 47.3 Å². The molecule has 0 spiro atoms. The SMILES string of the molecule is COc1ccc(C(CC2CCCO2)NN)c(OC)c1Br. The van der Waals surface area contributed by atoms with Crippen LogP contribution in [0.15, 0.2) is 16.6 Å². The van der Waals surface area contributed by atoms with Crippen LogP contribution in [0, 0.1) is 0 Å². The van der Waals surface area contributed by atoms with E-state index in [2.05, 4.69) is 21.4 Å². The predicted octanol–water partition coefficient (Wildman–Crippen LogP) is 2.54. The molecule has 2 atom stereocenters. The molecule has 1 saturated heterocycles. The molecule has 20 heavy (non-hydrogen) atoms. The fourth-order valence-electron chi connectivity index (χ4n) is 2.57. The third-order valence-corrected chi connectivity index (χ3v) is 4.37. The molecule has 0 saturated carbocycles. The molecule has 0 amide bonds. The predicted molar refractivity (Wildman–Crippen MR) is 80.9 cm³/mol. The number of hydrogen-bond donors (Lipinski definition) is 2. The van der Waals surface area contributed by atoms with Gasteiger partial charge in [0.25, 0.3) is 0 Å². The summed E-state index contributed by atoms with van der Waals surface area (Å²) in [5.41, 5.74) is 3.86. The Labute approximate surface area is 127 Å². The van der Waals surface area contributed by atoms with Gasteiger partial charge in [-0.15, -0.1) is 0 Å². The lowest BCUT2D eigenvalue weighted by Crippen LogP contribution is -2.31. The Kier molecular flexibility index (Phi) is 5.65. The summed E-state index contributed by atoms with van der Waals surface area (Å²) in [7, 11) is 3.27. The topological polar surface area (TPSA) is 65.7 Å². The van der Waals surface area contributed by atoms with E-state index in [9.17, 15) is 0 Å². The van der Waals surface area contributed by atoms with E-state index in [1.165, 1.54) is 0 Å². The standard InChI is InChI=1S/C14H21BrN2O3/c1-18-12-6-5-10(14(19-2)13(12)15)11(17-16)8-9-4-3-7-20-9/h5-6,9,11,17H,3-4,7-8,16H2,1-2H3. The monoisotopic (exact) mass is 344 g/mol. The number of nitrogens with one attached hydrogen (secondary N) is 1. The van der Waals surface area contributed by atoms with Crippen molar-refractivity contribution in [3.63, 3.8) is 0 Å². The van der Waals surface area contributed by atoms with Crippen LogP contribution in [0.2, 0.25) is 0 Å². The van der Waals surface area contributed by atoms with Crippen LogP contribution < -0.4 is 20.7 Å². The highest BCUT2D eigenvalue weighted by molar-refractivity contribution is 9.10. The van der Waals surface area contributed by atoms with Crippen molar-refractivity contribution in [3.8, 4) is 11.5 Å². The molecule has 112 valence electrons. The van der Waals surface area contributed by atoms with Crippen LogP contribution in [0.1, 0.15) is 30.9 Å². The maximum absolute atomic E-state index is 5.72. The van der Waals surface area contributed by atoms with Crippen molar-refractivity contribution >= 4 is 15.9 Å². The first-order chi connectivity index (χ1) is 9.71. The first-order valence-electron chi connectivity index (χ1n) is 6.69. The number of benzene rings is 1. The molecule has 1 aromatic rings. The third kappa shape index (κ3) is 3.25. The molecule has 6 heteroatoms. The van der Waals surface area contributed by atoms with Crippen LogP contribution in [-0.4, -0.2) is 26.9 Å². The fourth-order valence-corrected chi connectivity index (χ4v) is 3.26. The third-order valence-electron chi connectivity index (χ3n) is 3.62. The van der Waals surface area contributed by atoms with Gasteiger partial charge in [0.15, 0.2) is 0 Å². The van der Waals surface area contributed by atoms with Gasteiger partial charge in [-0.1, -0.05) is 0 Å². The van der Waals surface area contributed by atoms with Gasteiger partial charge >= 0.3 is 0 Å². The summed E-state index contributed by atoms with van der Waals surface area (Å²) in [6, 6.07) is 3.86. The van der Waals surface area contributed by atoms with Crippen molar-refractivity contribution in [3.05, 3.63) is 22.2 Å². The van der Waals surface area contributed by atoms with Crippen LogP contribution in [0.25, 0.3) is 0 Å². The zero-order valence-electron chi connectivity index (χ0n) is 11.8. The quantitative estimate of drug-likeness (QED) is 0.613. The molecule has 1 aromatic carbocycles. The van der Waals surface area contributed by atoms with Crippen molar-refractivity contribution in [2.75, 3.05) is 20.8 Å². The zero-order valence-corrected chi connectivity index (χ0v) is 13.4. The number of hydrogen-bond acceptors (Lipinski definition) is 5. The largest absolute Gasteiger partial charge is 0.495 e. The summed E-state index contributed by atoms with van der Waals surface area (Å²) in [6.07, 6.45) is 3.27. The van der Waals surface area contributed by atoms with E-state index >= 15 is 0 Å². The highest BCUT2D eigenvalue weighted by Crippen LogP contribution is 2.41. The van der Waals surface area contributed by atoms with E-state index in [0.717, 1.165) is 47.4 Å². The summed E-state index contributed by atoms with van der Waals surface area (Å²) in [5.74, 6) is 7.20. The second-order valence-electron chi connectivity index (χ2n) is 4.79. The zero-order chi connectivity index (χ0) is 14.5. The van der Waals surface area contributed by atoms with Gasteiger partial charge in [0, 0.05) is 12.2 Å². The van der Waals surface area contributed by atoms with Crippen LogP contribution >= 0.6 is 15.9 Å². The molecule has 1 aliphatic heterocycles. The molecule has 1 heterocycles. The van der Waals surface area contributed by atoms with Crippen LogP contribution in [-0.2, 0) is 4.74 Å². The van der Waals surface area contributed by atoms with E-state index in [0.29, 0.717) is 0 Å². The number of hydrazine groups is 1. The lowest BCUT2D eigenvalue weighted by Gasteiger charge is -2.23. The summed E-state index contributed by atoms with van der Waals surface area (Å²) in [5, 5.41) is 0. The molecule has 0 bridgehead atoms. The van der Waals surface area contributed by atoms with Crippen LogP contribution in [0.3, 0.4) is 0 Å². The van der Waals surface area contributed by atoms with Crippen molar-refractivity contribution in [1.82, 2.24) is 5.43 Å². The van der Waals surface area contributed by atoms with Crippen LogP contribution in [0.5, 0.6) is 11.5 Å². The Bertz CT molecular complexity index is 450. The lowest BCUT2D eigenvalue weighted by atomic mass is 9.98. The Morgan fingerprint density at radius 1 is 1.45 bits per heavy atom. The summed E-state index contributed by atoms with van der Waals surface area (Å²) < 4.78 is 17.3. The van der Waals surface area contributed by atoms with Gasteiger partial charge < -0.3 is 14.2 Å². The second-order valence-corrected chi connectivity index (χ2v) is 5.59. The number of halogens is 1. The number of ether oxygens (including phenoxy) is 3. The highest BCUT2D eigenvalue weighted by Gasteiger charge is 2.25. The lowest BCUT2D eigenvalue weighted by molar-refractivity contribution is 0.0943. The Hall–Kier alpha value is -0.820. The van der Waals surface area contributed by atoms with Gasteiger partial charge in [0.1, 0.15) is 16.0 Å². The normalized spacial score (nSPS) is 19.9. The van der Waals surface area contributed by atoms with E-state index in [4.69, 9.17) is 20.1 Å². The Morgan fingerprint density at radius 3 is 2.80 bits per heavy atom. The van der Waals surface area contributed by atoms with Crippen molar-refractivity contribution in [1.29, 1.82) is 0 Å². The van der Waals surface area contributed by atoms with Crippen molar-refractivity contribution < 1.29 is 14.2 Å². The molecule has 2 rings (SSSR count). The maximum atomic E-state index is 5.72. The maximum Gasteiger partial charge on any atom is 0.141 e. The molecule has 1 fully saturated rings. The second kappa shape index (κ2) is 7.26. The van der Waals surface area contributed by atoms with Crippen molar-refractivity contribution in [2.45, 2.75) is 31.4 Å². The molecule has 5 nitrogen and oxygen atoms in total. The van der Waals surface area contributed by atoms with E-state index < -0.39 is 0 Å². The fraction of sp³-hybridized carbons (Fsp3) is 0.571. The Morgan fingerprint density at radius 2 is 2.25 bits per heavy atom.